The zero-order valence-electron chi connectivity index (χ0n) is 17.5. The van der Waals surface area contributed by atoms with Gasteiger partial charge in [-0.15, -0.1) is 0 Å². The summed E-state index contributed by atoms with van der Waals surface area (Å²) < 4.78 is 27.2. The summed E-state index contributed by atoms with van der Waals surface area (Å²) in [6, 6.07) is 4.04. The van der Waals surface area contributed by atoms with E-state index in [4.69, 9.17) is 18.9 Å². The second kappa shape index (κ2) is 7.72. The topological polar surface area (TPSA) is 104 Å². The summed E-state index contributed by atoms with van der Waals surface area (Å²) in [6.45, 7) is 1.97. The second-order valence-corrected chi connectivity index (χ2v) is 8.16. The normalized spacial score (nSPS) is 26.7. The summed E-state index contributed by atoms with van der Waals surface area (Å²) in [6.07, 6.45) is -1.08. The van der Waals surface area contributed by atoms with E-state index in [-0.39, 0.29) is 18.8 Å². The van der Waals surface area contributed by atoms with E-state index in [0.29, 0.717) is 11.5 Å². The smallest absolute Gasteiger partial charge is 0.336 e. The van der Waals surface area contributed by atoms with E-state index in [1.54, 1.807) is 7.11 Å². The van der Waals surface area contributed by atoms with E-state index in [1.165, 1.54) is 7.11 Å². The van der Waals surface area contributed by atoms with Gasteiger partial charge in [-0.25, -0.2) is 4.79 Å². The molecule has 9 heteroatoms. The SMILES string of the molecule is COC(=O)CC(O)C(=O)OC1C(OC)=C2CCN3CCc4cc5c(cc4[C@H]1C23)OCO5. The lowest BCUT2D eigenvalue weighted by molar-refractivity contribution is -0.164. The molecule has 0 radical (unpaired) electrons. The number of hydrogen-bond acceptors (Lipinski definition) is 9. The van der Waals surface area contributed by atoms with Gasteiger partial charge in [0, 0.05) is 25.0 Å². The van der Waals surface area contributed by atoms with Gasteiger partial charge in [0.15, 0.2) is 23.7 Å². The molecule has 166 valence electrons. The molecule has 1 aliphatic carbocycles. The van der Waals surface area contributed by atoms with Gasteiger partial charge in [0.1, 0.15) is 5.76 Å². The lowest BCUT2D eigenvalue weighted by Gasteiger charge is -2.30. The van der Waals surface area contributed by atoms with Crippen molar-refractivity contribution < 1.29 is 38.4 Å². The molecule has 9 nitrogen and oxygen atoms in total. The van der Waals surface area contributed by atoms with E-state index in [2.05, 4.69) is 9.64 Å². The summed E-state index contributed by atoms with van der Waals surface area (Å²) in [7, 11) is 2.77. The summed E-state index contributed by atoms with van der Waals surface area (Å²) >= 11 is 0. The van der Waals surface area contributed by atoms with Crippen molar-refractivity contribution in [2.24, 2.45) is 0 Å². The van der Waals surface area contributed by atoms with E-state index in [9.17, 15) is 14.7 Å². The molecule has 0 amide bonds. The van der Waals surface area contributed by atoms with Crippen LogP contribution < -0.4 is 9.47 Å². The molecule has 1 saturated heterocycles. The highest BCUT2D eigenvalue weighted by atomic mass is 16.7. The van der Waals surface area contributed by atoms with E-state index in [1.807, 2.05) is 12.1 Å². The minimum absolute atomic E-state index is 0.0483. The van der Waals surface area contributed by atoms with Crippen LogP contribution in [0, 0.1) is 0 Å². The Hall–Kier alpha value is -2.78. The number of carbonyl (C=O) groups excluding carboxylic acids is 2. The predicted octanol–water partition coefficient (Wildman–Crippen LogP) is 0.879. The first kappa shape index (κ1) is 20.1. The molecule has 4 aliphatic rings. The van der Waals surface area contributed by atoms with Crippen molar-refractivity contribution in [2.45, 2.75) is 43.4 Å². The maximum Gasteiger partial charge on any atom is 0.336 e. The number of ether oxygens (including phenoxy) is 5. The number of fused-ring (bicyclic) bond motifs is 3. The number of nitrogens with zero attached hydrogens (tertiary/aromatic N) is 1. The summed E-state index contributed by atoms with van der Waals surface area (Å²) in [5, 5.41) is 10.2. The number of benzene rings is 1. The van der Waals surface area contributed by atoms with Gasteiger partial charge < -0.3 is 28.8 Å². The van der Waals surface area contributed by atoms with E-state index >= 15 is 0 Å². The third kappa shape index (κ3) is 3.23. The quantitative estimate of drug-likeness (QED) is 0.681. The Morgan fingerprint density at radius 1 is 1.19 bits per heavy atom. The maximum absolute atomic E-state index is 12.7. The van der Waals surface area contributed by atoms with Crippen LogP contribution in [0.5, 0.6) is 11.5 Å². The van der Waals surface area contributed by atoms with Gasteiger partial charge in [0.05, 0.1) is 20.6 Å². The fraction of sp³-hybridized carbons (Fsp3) is 0.545. The van der Waals surface area contributed by atoms with Gasteiger partial charge in [-0.05, 0) is 41.7 Å². The lowest BCUT2D eigenvalue weighted by atomic mass is 9.86. The Morgan fingerprint density at radius 3 is 2.68 bits per heavy atom. The highest BCUT2D eigenvalue weighted by molar-refractivity contribution is 5.82. The molecular weight excluding hydrogens is 406 g/mol. The van der Waals surface area contributed by atoms with Gasteiger partial charge in [-0.3, -0.25) is 9.69 Å². The number of methoxy groups -OCH3 is 2. The number of carbonyl (C=O) groups is 2. The first-order valence-electron chi connectivity index (χ1n) is 10.4. The molecule has 1 N–H and O–H groups in total. The molecule has 0 aromatic heterocycles. The van der Waals surface area contributed by atoms with Crippen LogP contribution in [-0.2, 0) is 30.2 Å². The van der Waals surface area contributed by atoms with Crippen molar-refractivity contribution >= 4 is 11.9 Å². The van der Waals surface area contributed by atoms with Crippen LogP contribution in [0.3, 0.4) is 0 Å². The molecule has 0 saturated carbocycles. The Labute approximate surface area is 179 Å². The molecular formula is C22H25NO8. The Balaban J connectivity index is 1.52. The number of rotatable bonds is 5. The summed E-state index contributed by atoms with van der Waals surface area (Å²) in [5.41, 5.74) is 3.28. The van der Waals surface area contributed by atoms with Gasteiger partial charge in [-0.1, -0.05) is 0 Å². The molecule has 5 rings (SSSR count). The molecule has 3 heterocycles. The van der Waals surface area contributed by atoms with Crippen LogP contribution in [0.4, 0.5) is 0 Å². The van der Waals surface area contributed by atoms with Crippen molar-refractivity contribution in [2.75, 3.05) is 34.1 Å². The largest absolute Gasteiger partial charge is 0.497 e. The fourth-order valence-corrected chi connectivity index (χ4v) is 5.27. The number of hydrogen-bond donors (Lipinski definition) is 1. The third-order valence-electron chi connectivity index (χ3n) is 6.64. The number of aliphatic hydroxyl groups is 1. The molecule has 0 spiro atoms. The van der Waals surface area contributed by atoms with Gasteiger partial charge in [0.2, 0.25) is 6.79 Å². The Bertz CT molecular complexity index is 957. The fourth-order valence-electron chi connectivity index (χ4n) is 5.27. The summed E-state index contributed by atoms with van der Waals surface area (Å²) in [5.74, 6) is 0.269. The first-order valence-corrected chi connectivity index (χ1v) is 10.4. The van der Waals surface area contributed by atoms with Gasteiger partial charge in [-0.2, -0.15) is 0 Å². The van der Waals surface area contributed by atoms with Crippen molar-refractivity contribution in [3.05, 3.63) is 34.6 Å². The van der Waals surface area contributed by atoms with Crippen molar-refractivity contribution in [1.82, 2.24) is 4.90 Å². The standard InChI is InChI=1S/C22H25NO8/c1-27-17(25)9-14(24)22(26)31-21-18-13-8-16-15(29-10-30-16)7-11(13)3-5-23-6-4-12(19(18)23)20(21)28-2/h7-8,14,18-19,21,24H,3-6,9-10H2,1-2H3/t14?,18-,19?,21?/m0/s1. The van der Waals surface area contributed by atoms with Crippen LogP contribution in [0.2, 0.25) is 0 Å². The zero-order chi connectivity index (χ0) is 21.7. The predicted molar refractivity (Wildman–Crippen MR) is 106 cm³/mol. The van der Waals surface area contributed by atoms with Crippen LogP contribution in [0.15, 0.2) is 23.5 Å². The van der Waals surface area contributed by atoms with E-state index < -0.39 is 30.6 Å². The average Bonchev–Trinajstić information content (AvgIpc) is 3.43. The highest BCUT2D eigenvalue weighted by Gasteiger charge is 2.53. The van der Waals surface area contributed by atoms with Crippen molar-refractivity contribution in [1.29, 1.82) is 0 Å². The summed E-state index contributed by atoms with van der Waals surface area (Å²) in [4.78, 5) is 26.5. The van der Waals surface area contributed by atoms with Crippen LogP contribution >= 0.6 is 0 Å². The molecule has 3 unspecified atom stereocenters. The zero-order valence-corrected chi connectivity index (χ0v) is 17.5. The number of aliphatic hydroxyl groups excluding tert-OH is 1. The van der Waals surface area contributed by atoms with Crippen molar-refractivity contribution in [3.63, 3.8) is 0 Å². The minimum Gasteiger partial charge on any atom is -0.497 e. The average molecular weight is 431 g/mol. The van der Waals surface area contributed by atoms with E-state index in [0.717, 1.165) is 48.4 Å². The van der Waals surface area contributed by atoms with Crippen LogP contribution in [0.25, 0.3) is 0 Å². The highest BCUT2D eigenvalue weighted by Crippen LogP contribution is 2.52. The number of esters is 2. The minimum atomic E-state index is -1.60. The molecule has 0 bridgehead atoms. The van der Waals surface area contributed by atoms with Gasteiger partial charge >= 0.3 is 11.9 Å². The monoisotopic (exact) mass is 431 g/mol. The third-order valence-corrected chi connectivity index (χ3v) is 6.64. The molecule has 4 atom stereocenters. The Morgan fingerprint density at radius 2 is 1.94 bits per heavy atom. The molecule has 1 aromatic rings. The maximum atomic E-state index is 12.7. The molecule has 31 heavy (non-hydrogen) atoms. The van der Waals surface area contributed by atoms with Gasteiger partial charge in [0.25, 0.3) is 0 Å². The lowest BCUT2D eigenvalue weighted by Crippen LogP contribution is -2.39. The molecule has 3 aliphatic heterocycles. The van der Waals surface area contributed by atoms with Crippen LogP contribution in [-0.4, -0.2) is 74.3 Å². The molecule has 1 fully saturated rings. The first-order chi connectivity index (χ1) is 15.0. The van der Waals surface area contributed by atoms with Crippen LogP contribution in [0.1, 0.15) is 29.9 Å². The van der Waals surface area contributed by atoms with Crippen molar-refractivity contribution in [3.8, 4) is 11.5 Å². The Kier molecular flexibility index (Phi) is 5.02. The molecule has 1 aromatic carbocycles. The second-order valence-electron chi connectivity index (χ2n) is 8.16.